The lowest BCUT2D eigenvalue weighted by Gasteiger charge is -2.26. The molecule has 0 saturated carbocycles. The van der Waals surface area contributed by atoms with Crippen LogP contribution in [0.3, 0.4) is 0 Å². The van der Waals surface area contributed by atoms with Gasteiger partial charge < -0.3 is 10.6 Å². The Balaban J connectivity index is 1.40. The average Bonchev–Trinajstić information content (AvgIpc) is 2.61. The summed E-state index contributed by atoms with van der Waals surface area (Å²) in [5, 5.41) is 6.49. The summed E-state index contributed by atoms with van der Waals surface area (Å²) in [6.45, 7) is 1.19. The second kappa shape index (κ2) is 8.30. The summed E-state index contributed by atoms with van der Waals surface area (Å²) in [4.78, 5) is 12.0. The predicted molar refractivity (Wildman–Crippen MR) is 94.3 cm³/mol. The smallest absolute Gasteiger partial charge is 0.233 e. The van der Waals surface area contributed by atoms with Crippen molar-refractivity contribution in [3.63, 3.8) is 0 Å². The summed E-state index contributed by atoms with van der Waals surface area (Å²) in [7, 11) is 0. The van der Waals surface area contributed by atoms with Crippen LogP contribution < -0.4 is 10.6 Å². The third kappa shape index (κ3) is 4.68. The zero-order valence-corrected chi connectivity index (χ0v) is 13.9. The van der Waals surface area contributed by atoms with Crippen molar-refractivity contribution in [3.05, 3.63) is 47.0 Å². The molecule has 3 nitrogen and oxygen atoms in total. The van der Waals surface area contributed by atoms with E-state index in [-0.39, 0.29) is 5.91 Å². The lowest BCUT2D eigenvalue weighted by Crippen LogP contribution is -2.37. The van der Waals surface area contributed by atoms with E-state index in [1.165, 1.54) is 48.8 Å². The van der Waals surface area contributed by atoms with Crippen molar-refractivity contribution < 1.29 is 4.79 Å². The minimum Gasteiger partial charge on any atom is -0.355 e. The highest BCUT2D eigenvalue weighted by Crippen LogP contribution is 2.29. The summed E-state index contributed by atoms with van der Waals surface area (Å²) >= 11 is 0. The van der Waals surface area contributed by atoms with E-state index < -0.39 is 0 Å². The average molecular weight is 312 g/mol. The first kappa shape index (κ1) is 16.3. The highest BCUT2D eigenvalue weighted by molar-refractivity contribution is 5.78. The predicted octanol–water partition coefficient (Wildman–Crippen LogP) is 3.66. The molecular weight excluding hydrogens is 284 g/mol. The number of fused-ring (bicyclic) bond motifs is 1. The molecule has 2 N–H and O–H groups in total. The second-order valence-electron chi connectivity index (χ2n) is 6.73. The third-order valence-corrected chi connectivity index (χ3v) is 5.03. The number of hydrogen-bond donors (Lipinski definition) is 2. The number of nitrogens with one attached hydrogen (secondary N) is 2. The van der Waals surface area contributed by atoms with Gasteiger partial charge in [0.2, 0.25) is 5.91 Å². The van der Waals surface area contributed by atoms with Gasteiger partial charge in [-0.1, -0.05) is 35.9 Å². The van der Waals surface area contributed by atoms with Gasteiger partial charge in [-0.2, -0.15) is 0 Å². The molecule has 3 heteroatoms. The number of allylic oxidation sites excluding steroid dienone is 1. The van der Waals surface area contributed by atoms with Crippen LogP contribution in [-0.2, 0) is 11.2 Å². The fraction of sp³-hybridized carbons (Fsp3) is 0.550. The highest BCUT2D eigenvalue weighted by atomic mass is 16.1. The van der Waals surface area contributed by atoms with Gasteiger partial charge in [0.15, 0.2) is 0 Å². The molecule has 3 rings (SSSR count). The number of amides is 1. The van der Waals surface area contributed by atoms with E-state index in [2.05, 4.69) is 41.0 Å². The molecule has 1 amide bonds. The van der Waals surface area contributed by atoms with Crippen molar-refractivity contribution in [1.29, 1.82) is 0 Å². The summed E-state index contributed by atoms with van der Waals surface area (Å²) in [6.07, 6.45) is 11.9. The number of benzene rings is 1. The molecule has 1 aromatic carbocycles. The molecule has 1 unspecified atom stereocenters. The Bertz CT molecular complexity index is 565. The van der Waals surface area contributed by atoms with Gasteiger partial charge in [0.25, 0.3) is 0 Å². The molecule has 0 radical (unpaired) electrons. The van der Waals surface area contributed by atoms with Crippen molar-refractivity contribution >= 4 is 5.91 Å². The molecule has 124 valence electrons. The van der Waals surface area contributed by atoms with Gasteiger partial charge in [-0.15, -0.1) is 0 Å². The molecular formula is C20H28N2O. The fourth-order valence-electron chi connectivity index (χ4n) is 3.74. The Morgan fingerprint density at radius 2 is 2.04 bits per heavy atom. The number of aryl methyl sites for hydroxylation is 1. The van der Waals surface area contributed by atoms with E-state index in [1.807, 2.05) is 0 Å². The molecule has 1 atom stereocenters. The van der Waals surface area contributed by atoms with Crippen LogP contribution in [0.4, 0.5) is 0 Å². The Morgan fingerprint density at radius 3 is 2.91 bits per heavy atom. The molecule has 2 aliphatic rings. The fourth-order valence-corrected chi connectivity index (χ4v) is 3.74. The molecule has 0 aliphatic heterocycles. The summed E-state index contributed by atoms with van der Waals surface area (Å²) in [5.41, 5.74) is 4.32. The molecule has 0 aromatic heterocycles. The van der Waals surface area contributed by atoms with E-state index in [9.17, 15) is 4.79 Å². The molecule has 1 aromatic rings. The molecule has 23 heavy (non-hydrogen) atoms. The van der Waals surface area contributed by atoms with Crippen LogP contribution in [0.5, 0.6) is 0 Å². The van der Waals surface area contributed by atoms with Gasteiger partial charge in [0.05, 0.1) is 6.54 Å². The minimum absolute atomic E-state index is 0.115. The largest absolute Gasteiger partial charge is 0.355 e. The quantitative estimate of drug-likeness (QED) is 0.787. The second-order valence-corrected chi connectivity index (χ2v) is 6.73. The zero-order chi connectivity index (χ0) is 15.9. The van der Waals surface area contributed by atoms with Crippen LogP contribution in [-0.4, -0.2) is 19.0 Å². The maximum Gasteiger partial charge on any atom is 0.233 e. The Morgan fingerprint density at radius 1 is 1.13 bits per heavy atom. The van der Waals surface area contributed by atoms with Crippen LogP contribution >= 0.6 is 0 Å². The summed E-state index contributed by atoms with van der Waals surface area (Å²) in [6, 6.07) is 8.93. The first-order chi connectivity index (χ1) is 11.3. The summed E-state index contributed by atoms with van der Waals surface area (Å²) < 4.78 is 0. The van der Waals surface area contributed by atoms with Gasteiger partial charge in [-0.05, 0) is 62.5 Å². The monoisotopic (exact) mass is 312 g/mol. The van der Waals surface area contributed by atoms with E-state index in [4.69, 9.17) is 0 Å². The first-order valence-corrected chi connectivity index (χ1v) is 9.09. The van der Waals surface area contributed by atoms with Crippen LogP contribution in [0.2, 0.25) is 0 Å². The van der Waals surface area contributed by atoms with Crippen LogP contribution in [0, 0.1) is 0 Å². The Labute approximate surface area is 139 Å². The van der Waals surface area contributed by atoms with Crippen molar-refractivity contribution in [3.8, 4) is 0 Å². The maximum absolute atomic E-state index is 12.0. The van der Waals surface area contributed by atoms with E-state index in [0.29, 0.717) is 12.6 Å². The van der Waals surface area contributed by atoms with Gasteiger partial charge in [0, 0.05) is 12.6 Å². The maximum atomic E-state index is 12.0. The number of carbonyl (C=O) groups is 1. The lowest BCUT2D eigenvalue weighted by molar-refractivity contribution is -0.120. The van der Waals surface area contributed by atoms with Crippen LogP contribution in [0.25, 0.3) is 0 Å². The van der Waals surface area contributed by atoms with Gasteiger partial charge >= 0.3 is 0 Å². The molecule has 0 fully saturated rings. The van der Waals surface area contributed by atoms with Gasteiger partial charge in [-0.25, -0.2) is 0 Å². The normalized spacial score (nSPS) is 20.5. The van der Waals surface area contributed by atoms with E-state index in [0.717, 1.165) is 25.8 Å². The van der Waals surface area contributed by atoms with Crippen molar-refractivity contribution in [2.45, 2.75) is 57.4 Å². The van der Waals surface area contributed by atoms with Crippen molar-refractivity contribution in [2.75, 3.05) is 13.1 Å². The van der Waals surface area contributed by atoms with Crippen LogP contribution in [0.15, 0.2) is 35.9 Å². The van der Waals surface area contributed by atoms with Gasteiger partial charge in [0.1, 0.15) is 0 Å². The minimum atomic E-state index is 0.115. The van der Waals surface area contributed by atoms with Gasteiger partial charge in [-0.3, -0.25) is 4.79 Å². The topological polar surface area (TPSA) is 41.1 Å². The molecule has 0 bridgehead atoms. The number of hydrogen-bond acceptors (Lipinski definition) is 2. The highest BCUT2D eigenvalue weighted by Gasteiger charge is 2.19. The summed E-state index contributed by atoms with van der Waals surface area (Å²) in [5.74, 6) is 0.115. The number of carbonyl (C=O) groups excluding carboxylic acids is 1. The Hall–Kier alpha value is -1.61. The standard InChI is InChI=1S/C20H28N2O/c23-20(21-14-13-16-7-2-1-3-8-16)15-22-19-12-6-10-17-9-4-5-11-18(17)19/h4-5,7,9,11,19,22H,1-3,6,8,10,12-15H2,(H,21,23). The molecule has 0 saturated heterocycles. The SMILES string of the molecule is O=C(CNC1CCCc2ccccc21)NCCC1=CCCCC1. The molecule has 0 heterocycles. The van der Waals surface area contributed by atoms with Crippen molar-refractivity contribution in [2.24, 2.45) is 0 Å². The molecule has 2 aliphatic carbocycles. The zero-order valence-electron chi connectivity index (χ0n) is 13.9. The molecule has 0 spiro atoms. The van der Waals surface area contributed by atoms with E-state index in [1.54, 1.807) is 0 Å². The third-order valence-electron chi connectivity index (χ3n) is 5.03. The lowest BCUT2D eigenvalue weighted by atomic mass is 9.88. The van der Waals surface area contributed by atoms with E-state index >= 15 is 0 Å². The number of rotatable bonds is 6. The van der Waals surface area contributed by atoms with Crippen LogP contribution in [0.1, 0.15) is 62.1 Å². The first-order valence-electron chi connectivity index (χ1n) is 9.09. The Kier molecular flexibility index (Phi) is 5.87. The van der Waals surface area contributed by atoms with Crippen molar-refractivity contribution in [1.82, 2.24) is 10.6 Å².